The molecule has 0 bridgehead atoms. The summed E-state index contributed by atoms with van der Waals surface area (Å²) in [5.74, 6) is -0.176. The molecule has 1 amide bonds. The summed E-state index contributed by atoms with van der Waals surface area (Å²) in [6.45, 7) is -0.314. The zero-order valence-corrected chi connectivity index (χ0v) is 10.8. The third-order valence-corrected chi connectivity index (χ3v) is 4.17. The van der Waals surface area contributed by atoms with Crippen molar-refractivity contribution in [2.45, 2.75) is 17.1 Å². The molecule has 0 spiro atoms. The predicted octanol–water partition coefficient (Wildman–Crippen LogP) is 0.771. The average molecular weight is 290 g/mol. The van der Waals surface area contributed by atoms with E-state index in [1.165, 1.54) is 17.8 Å². The van der Waals surface area contributed by atoms with Crippen LogP contribution in [0.1, 0.15) is 11.7 Å². The van der Waals surface area contributed by atoms with Crippen molar-refractivity contribution in [1.82, 2.24) is 0 Å². The number of halogens is 1. The molecule has 0 saturated carbocycles. The molecular formula is C11H12ClNO4S. The molecule has 0 saturated heterocycles. The highest BCUT2D eigenvalue weighted by molar-refractivity contribution is 7.99. The number of fused-ring (bicyclic) bond motifs is 1. The lowest BCUT2D eigenvalue weighted by Crippen LogP contribution is -2.14. The Morgan fingerprint density at radius 1 is 1.50 bits per heavy atom. The summed E-state index contributed by atoms with van der Waals surface area (Å²) in [7, 11) is 0. The largest absolute Gasteiger partial charge is 0.394 e. The Kier molecular flexibility index (Phi) is 4.14. The Hall–Kier alpha value is -0.790. The first kappa shape index (κ1) is 13.6. The van der Waals surface area contributed by atoms with Crippen LogP contribution in [0.5, 0.6) is 0 Å². The topological polar surface area (TPSA) is 89.8 Å². The molecule has 1 aliphatic rings. The summed E-state index contributed by atoms with van der Waals surface area (Å²) in [4.78, 5) is 12.0. The lowest BCUT2D eigenvalue weighted by atomic mass is 10.1. The number of nitrogens with one attached hydrogen (secondary N) is 1. The van der Waals surface area contributed by atoms with Gasteiger partial charge in [0, 0.05) is 21.9 Å². The quantitative estimate of drug-likeness (QED) is 0.615. The molecule has 0 aliphatic carbocycles. The number of thioether (sulfide) groups is 1. The van der Waals surface area contributed by atoms with Crippen LogP contribution in [0, 0.1) is 0 Å². The summed E-state index contributed by atoms with van der Waals surface area (Å²) >= 11 is 7.31. The molecule has 5 nitrogen and oxygen atoms in total. The molecule has 1 heterocycles. The first-order chi connectivity index (χ1) is 8.52. The first-order valence-electron chi connectivity index (χ1n) is 5.27. The van der Waals surface area contributed by atoms with E-state index >= 15 is 0 Å². The van der Waals surface area contributed by atoms with E-state index in [2.05, 4.69) is 5.32 Å². The highest BCUT2D eigenvalue weighted by Gasteiger charge is 2.29. The second kappa shape index (κ2) is 5.46. The van der Waals surface area contributed by atoms with Crippen LogP contribution < -0.4 is 5.32 Å². The van der Waals surface area contributed by atoms with Crippen molar-refractivity contribution >= 4 is 35.0 Å². The SMILES string of the molecule is O=C1Nc2cc(SCC(O)CO)c(Cl)cc2C1O. The van der Waals surface area contributed by atoms with Crippen molar-refractivity contribution in [3.8, 4) is 0 Å². The molecule has 0 aromatic heterocycles. The lowest BCUT2D eigenvalue weighted by Gasteiger charge is -2.10. The monoisotopic (exact) mass is 289 g/mol. The van der Waals surface area contributed by atoms with E-state index < -0.39 is 18.1 Å². The van der Waals surface area contributed by atoms with Gasteiger partial charge in [0.05, 0.1) is 17.7 Å². The smallest absolute Gasteiger partial charge is 0.257 e. The van der Waals surface area contributed by atoms with Crippen molar-refractivity contribution < 1.29 is 20.1 Å². The first-order valence-corrected chi connectivity index (χ1v) is 6.63. The third kappa shape index (κ3) is 2.62. The number of amides is 1. The molecule has 98 valence electrons. The minimum Gasteiger partial charge on any atom is -0.394 e. The van der Waals surface area contributed by atoms with Gasteiger partial charge in [-0.15, -0.1) is 11.8 Å². The van der Waals surface area contributed by atoms with Crippen LogP contribution in [0.3, 0.4) is 0 Å². The van der Waals surface area contributed by atoms with E-state index in [1.807, 2.05) is 0 Å². The van der Waals surface area contributed by atoms with Gasteiger partial charge in [-0.05, 0) is 12.1 Å². The maximum Gasteiger partial charge on any atom is 0.257 e. The van der Waals surface area contributed by atoms with Crippen LogP contribution in [-0.4, -0.2) is 39.7 Å². The Morgan fingerprint density at radius 3 is 2.89 bits per heavy atom. The molecule has 0 fully saturated rings. The molecule has 2 rings (SSSR count). The van der Waals surface area contributed by atoms with Crippen molar-refractivity contribution in [2.24, 2.45) is 0 Å². The fourth-order valence-electron chi connectivity index (χ4n) is 1.59. The van der Waals surface area contributed by atoms with Gasteiger partial charge in [0.25, 0.3) is 5.91 Å². The van der Waals surface area contributed by atoms with Crippen molar-refractivity contribution in [1.29, 1.82) is 0 Å². The molecule has 0 radical (unpaired) electrons. The Morgan fingerprint density at radius 2 is 2.22 bits per heavy atom. The highest BCUT2D eigenvalue weighted by atomic mass is 35.5. The van der Waals surface area contributed by atoms with Gasteiger partial charge in [-0.2, -0.15) is 0 Å². The van der Waals surface area contributed by atoms with Gasteiger partial charge in [0.1, 0.15) is 0 Å². The second-order valence-electron chi connectivity index (χ2n) is 3.91. The van der Waals surface area contributed by atoms with Crippen LogP contribution >= 0.6 is 23.4 Å². The van der Waals surface area contributed by atoms with E-state index in [0.29, 0.717) is 26.9 Å². The van der Waals surface area contributed by atoms with Gasteiger partial charge in [0.2, 0.25) is 0 Å². The van der Waals surface area contributed by atoms with Gasteiger partial charge >= 0.3 is 0 Å². The number of benzene rings is 1. The fourth-order valence-corrected chi connectivity index (χ4v) is 2.81. The van der Waals surface area contributed by atoms with Crippen molar-refractivity contribution in [2.75, 3.05) is 17.7 Å². The maximum atomic E-state index is 11.3. The summed E-state index contributed by atoms with van der Waals surface area (Å²) < 4.78 is 0. The zero-order chi connectivity index (χ0) is 13.3. The predicted molar refractivity (Wildman–Crippen MR) is 68.9 cm³/mol. The summed E-state index contributed by atoms with van der Waals surface area (Å²) in [5.41, 5.74) is 0.981. The molecule has 1 aromatic carbocycles. The summed E-state index contributed by atoms with van der Waals surface area (Å²) in [5, 5.41) is 30.5. The number of aliphatic hydroxyl groups excluding tert-OH is 3. The van der Waals surface area contributed by atoms with E-state index in [-0.39, 0.29) is 6.61 Å². The van der Waals surface area contributed by atoms with Crippen LogP contribution in [0.15, 0.2) is 17.0 Å². The molecule has 4 N–H and O–H groups in total. The number of anilines is 1. The molecule has 2 unspecified atom stereocenters. The van der Waals surface area contributed by atoms with Gasteiger partial charge in [-0.25, -0.2) is 0 Å². The van der Waals surface area contributed by atoms with Gasteiger partial charge in [0.15, 0.2) is 6.10 Å². The number of carbonyl (C=O) groups is 1. The summed E-state index contributed by atoms with van der Waals surface area (Å²) in [6, 6.07) is 3.19. The zero-order valence-electron chi connectivity index (χ0n) is 9.26. The second-order valence-corrected chi connectivity index (χ2v) is 5.38. The Balaban J connectivity index is 2.19. The standard InChI is InChI=1S/C11H12ClNO4S/c12-7-1-6-8(13-11(17)10(6)16)2-9(7)18-4-5(15)3-14/h1-2,5,10,14-16H,3-4H2,(H,13,17). The number of hydrogen-bond acceptors (Lipinski definition) is 5. The highest BCUT2D eigenvalue weighted by Crippen LogP contribution is 2.38. The number of aliphatic hydroxyl groups is 3. The van der Waals surface area contributed by atoms with Crippen LogP contribution in [0.4, 0.5) is 5.69 Å². The third-order valence-electron chi connectivity index (χ3n) is 2.55. The molecule has 2 atom stereocenters. The minimum atomic E-state index is -1.18. The maximum absolute atomic E-state index is 11.3. The van der Waals surface area contributed by atoms with Crippen molar-refractivity contribution in [3.63, 3.8) is 0 Å². The minimum absolute atomic E-state index is 0.297. The number of rotatable bonds is 4. The molecule has 1 aliphatic heterocycles. The lowest BCUT2D eigenvalue weighted by molar-refractivity contribution is -0.123. The average Bonchev–Trinajstić information content (AvgIpc) is 2.62. The number of carbonyl (C=O) groups excluding carboxylic acids is 1. The number of hydrogen-bond donors (Lipinski definition) is 4. The molecule has 18 heavy (non-hydrogen) atoms. The van der Waals surface area contributed by atoms with Crippen LogP contribution in [0.25, 0.3) is 0 Å². The van der Waals surface area contributed by atoms with Gasteiger partial charge in [-0.3, -0.25) is 4.79 Å². The van der Waals surface area contributed by atoms with E-state index in [4.69, 9.17) is 16.7 Å². The van der Waals surface area contributed by atoms with Crippen LogP contribution in [-0.2, 0) is 4.79 Å². The van der Waals surface area contributed by atoms with Gasteiger partial charge in [-0.1, -0.05) is 11.6 Å². The fraction of sp³-hybridized carbons (Fsp3) is 0.364. The summed E-state index contributed by atoms with van der Waals surface area (Å²) in [6.07, 6.45) is -2.00. The molecule has 1 aromatic rings. The van der Waals surface area contributed by atoms with Crippen LogP contribution in [0.2, 0.25) is 5.02 Å². The van der Waals surface area contributed by atoms with E-state index in [1.54, 1.807) is 6.07 Å². The Labute approximate surface area is 113 Å². The van der Waals surface area contributed by atoms with Gasteiger partial charge < -0.3 is 20.6 Å². The molecule has 7 heteroatoms. The molecular weight excluding hydrogens is 278 g/mol. The Bertz CT molecular complexity index is 482. The van der Waals surface area contributed by atoms with Crippen molar-refractivity contribution in [3.05, 3.63) is 22.7 Å². The van der Waals surface area contributed by atoms with E-state index in [0.717, 1.165) is 0 Å². The normalized spacial score (nSPS) is 19.6. The van der Waals surface area contributed by atoms with E-state index in [9.17, 15) is 15.0 Å².